The SMILES string of the molecule is CCc1ccccc1NC(=O)C(C)Oc1ccc(F)cc1. The summed E-state index contributed by atoms with van der Waals surface area (Å²) in [5.41, 5.74) is 1.86. The highest BCUT2D eigenvalue weighted by Crippen LogP contribution is 2.17. The molecule has 110 valence electrons. The van der Waals surface area contributed by atoms with E-state index in [-0.39, 0.29) is 11.7 Å². The molecule has 1 amide bonds. The van der Waals surface area contributed by atoms with Crippen LogP contribution in [0.5, 0.6) is 5.75 Å². The number of halogens is 1. The zero-order chi connectivity index (χ0) is 15.2. The molecule has 0 aliphatic rings. The summed E-state index contributed by atoms with van der Waals surface area (Å²) < 4.78 is 18.3. The van der Waals surface area contributed by atoms with Crippen LogP contribution in [-0.4, -0.2) is 12.0 Å². The molecule has 0 saturated heterocycles. The predicted octanol–water partition coefficient (Wildman–Crippen LogP) is 3.79. The fourth-order valence-corrected chi connectivity index (χ4v) is 1.96. The summed E-state index contributed by atoms with van der Waals surface area (Å²) in [5, 5.41) is 2.85. The molecule has 0 fully saturated rings. The first-order chi connectivity index (χ1) is 10.1. The van der Waals surface area contributed by atoms with E-state index in [2.05, 4.69) is 5.32 Å². The average molecular weight is 287 g/mol. The second-order valence-corrected chi connectivity index (χ2v) is 4.71. The third kappa shape index (κ3) is 4.05. The van der Waals surface area contributed by atoms with Crippen molar-refractivity contribution in [1.82, 2.24) is 0 Å². The fraction of sp³-hybridized carbons (Fsp3) is 0.235. The molecule has 0 aliphatic carbocycles. The molecule has 2 rings (SSSR count). The van der Waals surface area contributed by atoms with Gasteiger partial charge in [-0.05, 0) is 49.2 Å². The van der Waals surface area contributed by atoms with Crippen LogP contribution in [0.1, 0.15) is 19.4 Å². The Balaban J connectivity index is 2.01. The molecule has 4 heteroatoms. The number of aryl methyl sites for hydroxylation is 1. The number of benzene rings is 2. The summed E-state index contributed by atoms with van der Waals surface area (Å²) in [4.78, 5) is 12.1. The van der Waals surface area contributed by atoms with Gasteiger partial charge >= 0.3 is 0 Å². The summed E-state index contributed by atoms with van der Waals surface area (Å²) >= 11 is 0. The lowest BCUT2D eigenvalue weighted by atomic mass is 10.1. The first-order valence-electron chi connectivity index (χ1n) is 6.91. The van der Waals surface area contributed by atoms with E-state index in [4.69, 9.17) is 4.74 Å². The quantitative estimate of drug-likeness (QED) is 0.908. The minimum Gasteiger partial charge on any atom is -0.481 e. The molecule has 1 atom stereocenters. The van der Waals surface area contributed by atoms with E-state index in [1.165, 1.54) is 24.3 Å². The number of ether oxygens (including phenoxy) is 1. The predicted molar refractivity (Wildman–Crippen MR) is 80.9 cm³/mol. The standard InChI is InChI=1S/C17H18FNO2/c1-3-13-6-4-5-7-16(13)19-17(20)12(2)21-15-10-8-14(18)9-11-15/h4-12H,3H2,1-2H3,(H,19,20). The summed E-state index contributed by atoms with van der Waals surface area (Å²) in [7, 11) is 0. The molecular weight excluding hydrogens is 269 g/mol. The van der Waals surface area contributed by atoms with E-state index in [1.807, 2.05) is 31.2 Å². The smallest absolute Gasteiger partial charge is 0.265 e. The number of hydrogen-bond acceptors (Lipinski definition) is 2. The van der Waals surface area contributed by atoms with E-state index >= 15 is 0 Å². The number of carbonyl (C=O) groups is 1. The topological polar surface area (TPSA) is 38.3 Å². The lowest BCUT2D eigenvalue weighted by molar-refractivity contribution is -0.122. The molecule has 21 heavy (non-hydrogen) atoms. The Labute approximate surface area is 123 Å². The van der Waals surface area contributed by atoms with Crippen LogP contribution in [0, 0.1) is 5.82 Å². The molecular formula is C17H18FNO2. The molecule has 2 aromatic carbocycles. The summed E-state index contributed by atoms with van der Waals surface area (Å²) in [6.07, 6.45) is 0.171. The van der Waals surface area contributed by atoms with Crippen LogP contribution in [-0.2, 0) is 11.2 Å². The van der Waals surface area contributed by atoms with Crippen molar-refractivity contribution in [2.45, 2.75) is 26.4 Å². The number of hydrogen-bond donors (Lipinski definition) is 1. The minimum atomic E-state index is -0.666. The fourth-order valence-electron chi connectivity index (χ4n) is 1.96. The Morgan fingerprint density at radius 3 is 2.52 bits per heavy atom. The van der Waals surface area contributed by atoms with Gasteiger partial charge in [0.25, 0.3) is 5.91 Å². The van der Waals surface area contributed by atoms with Crippen molar-refractivity contribution >= 4 is 11.6 Å². The number of para-hydroxylation sites is 1. The second kappa shape index (κ2) is 6.88. The van der Waals surface area contributed by atoms with Gasteiger partial charge in [-0.15, -0.1) is 0 Å². The molecule has 0 aliphatic heterocycles. The zero-order valence-electron chi connectivity index (χ0n) is 12.1. The Hall–Kier alpha value is -2.36. The Kier molecular flexibility index (Phi) is 4.93. The first kappa shape index (κ1) is 15.0. The zero-order valence-corrected chi connectivity index (χ0v) is 12.1. The van der Waals surface area contributed by atoms with Gasteiger partial charge < -0.3 is 10.1 Å². The van der Waals surface area contributed by atoms with Crippen LogP contribution in [0.15, 0.2) is 48.5 Å². The lowest BCUT2D eigenvalue weighted by Gasteiger charge is -2.16. The molecule has 0 radical (unpaired) electrons. The van der Waals surface area contributed by atoms with Gasteiger partial charge in [0.15, 0.2) is 6.10 Å². The highest BCUT2D eigenvalue weighted by molar-refractivity contribution is 5.94. The summed E-state index contributed by atoms with van der Waals surface area (Å²) in [6.45, 7) is 3.69. The second-order valence-electron chi connectivity index (χ2n) is 4.71. The van der Waals surface area contributed by atoms with Crippen LogP contribution in [0.25, 0.3) is 0 Å². The van der Waals surface area contributed by atoms with Crippen molar-refractivity contribution in [2.24, 2.45) is 0 Å². The highest BCUT2D eigenvalue weighted by atomic mass is 19.1. The van der Waals surface area contributed by atoms with Gasteiger partial charge in [-0.2, -0.15) is 0 Å². The van der Waals surface area contributed by atoms with Crippen molar-refractivity contribution in [2.75, 3.05) is 5.32 Å². The van der Waals surface area contributed by atoms with Crippen molar-refractivity contribution < 1.29 is 13.9 Å². The first-order valence-corrected chi connectivity index (χ1v) is 6.91. The molecule has 0 spiro atoms. The van der Waals surface area contributed by atoms with Crippen LogP contribution in [0.4, 0.5) is 10.1 Å². The van der Waals surface area contributed by atoms with Gasteiger partial charge in [0.05, 0.1) is 0 Å². The Morgan fingerprint density at radius 2 is 1.86 bits per heavy atom. The van der Waals surface area contributed by atoms with Gasteiger partial charge in [-0.3, -0.25) is 4.79 Å². The molecule has 0 aromatic heterocycles. The maximum Gasteiger partial charge on any atom is 0.265 e. The van der Waals surface area contributed by atoms with E-state index in [1.54, 1.807) is 6.92 Å². The summed E-state index contributed by atoms with van der Waals surface area (Å²) in [6, 6.07) is 13.2. The normalized spacial score (nSPS) is 11.8. The number of carbonyl (C=O) groups excluding carboxylic acids is 1. The van der Waals surface area contributed by atoms with Crippen LogP contribution in [0.2, 0.25) is 0 Å². The minimum absolute atomic E-state index is 0.236. The van der Waals surface area contributed by atoms with Crippen molar-refractivity contribution in [3.05, 3.63) is 59.9 Å². The van der Waals surface area contributed by atoms with Gasteiger partial charge in [-0.25, -0.2) is 4.39 Å². The molecule has 0 saturated carbocycles. The largest absolute Gasteiger partial charge is 0.481 e. The van der Waals surface area contributed by atoms with Crippen molar-refractivity contribution in [3.8, 4) is 5.75 Å². The van der Waals surface area contributed by atoms with E-state index in [0.29, 0.717) is 5.75 Å². The summed E-state index contributed by atoms with van der Waals surface area (Å²) in [5.74, 6) is -0.112. The lowest BCUT2D eigenvalue weighted by Crippen LogP contribution is -2.30. The van der Waals surface area contributed by atoms with Gasteiger partial charge in [0.2, 0.25) is 0 Å². The molecule has 3 nitrogen and oxygen atoms in total. The maximum absolute atomic E-state index is 12.8. The highest BCUT2D eigenvalue weighted by Gasteiger charge is 2.15. The van der Waals surface area contributed by atoms with Crippen LogP contribution >= 0.6 is 0 Å². The Bertz CT molecular complexity index is 610. The molecule has 0 bridgehead atoms. The third-order valence-corrected chi connectivity index (χ3v) is 3.15. The average Bonchev–Trinajstić information content (AvgIpc) is 2.50. The molecule has 1 unspecified atom stereocenters. The molecule has 2 aromatic rings. The molecule has 0 heterocycles. The number of rotatable bonds is 5. The number of amides is 1. The van der Waals surface area contributed by atoms with Gasteiger partial charge in [0.1, 0.15) is 11.6 Å². The monoisotopic (exact) mass is 287 g/mol. The van der Waals surface area contributed by atoms with Crippen molar-refractivity contribution in [1.29, 1.82) is 0 Å². The van der Waals surface area contributed by atoms with Crippen LogP contribution in [0.3, 0.4) is 0 Å². The van der Waals surface area contributed by atoms with Crippen molar-refractivity contribution in [3.63, 3.8) is 0 Å². The molecule has 1 N–H and O–H groups in total. The van der Waals surface area contributed by atoms with Crippen LogP contribution < -0.4 is 10.1 Å². The van der Waals surface area contributed by atoms with E-state index in [0.717, 1.165) is 17.7 Å². The van der Waals surface area contributed by atoms with E-state index < -0.39 is 6.10 Å². The number of anilines is 1. The Morgan fingerprint density at radius 1 is 1.19 bits per heavy atom. The van der Waals surface area contributed by atoms with Gasteiger partial charge in [-0.1, -0.05) is 25.1 Å². The van der Waals surface area contributed by atoms with E-state index in [9.17, 15) is 9.18 Å². The van der Waals surface area contributed by atoms with Gasteiger partial charge in [0, 0.05) is 5.69 Å². The maximum atomic E-state index is 12.8. The number of nitrogens with one attached hydrogen (secondary N) is 1. The third-order valence-electron chi connectivity index (χ3n) is 3.15.